The van der Waals surface area contributed by atoms with E-state index in [4.69, 9.17) is 11.6 Å². The molecule has 140 valence electrons. The van der Waals surface area contributed by atoms with Crippen molar-refractivity contribution in [2.24, 2.45) is 0 Å². The lowest BCUT2D eigenvalue weighted by atomic mass is 9.99. The maximum Gasteiger partial charge on any atom is 0.390 e. The first-order valence-electron chi connectivity index (χ1n) is 8.72. The molecule has 2 aliphatic heterocycles. The van der Waals surface area contributed by atoms with Gasteiger partial charge in [0.05, 0.1) is 17.5 Å². The summed E-state index contributed by atoms with van der Waals surface area (Å²) in [5, 5.41) is 5.53. The van der Waals surface area contributed by atoms with Crippen LogP contribution in [-0.4, -0.2) is 12.7 Å². The molecule has 0 fully saturated rings. The number of alkyl halides is 3. The van der Waals surface area contributed by atoms with Gasteiger partial charge in [0.15, 0.2) is 0 Å². The molecule has 1 unspecified atom stereocenters. The number of nitrogens with zero attached hydrogens (tertiary/aromatic N) is 1. The Bertz CT molecular complexity index is 1030. The van der Waals surface area contributed by atoms with E-state index in [1.807, 2.05) is 54.3 Å². The lowest BCUT2D eigenvalue weighted by Gasteiger charge is -2.30. The van der Waals surface area contributed by atoms with E-state index >= 15 is 0 Å². The highest BCUT2D eigenvalue weighted by Gasteiger charge is 2.35. The van der Waals surface area contributed by atoms with Gasteiger partial charge in [-0.2, -0.15) is 13.2 Å². The standard InChI is InChI=1S/C21H18ClF3N2/c1-13-18-17(8-7-16-19(18)15(22)9-11-26-16)27(12-10-21(23,24)25)20(13)14-5-3-2-4-6-14/h2-9,11,20,26H,10,12H2,1H3. The predicted octanol–water partition coefficient (Wildman–Crippen LogP) is 4.66. The molecular formula is C21H18ClF3N2. The van der Waals surface area contributed by atoms with Crippen molar-refractivity contribution in [2.75, 3.05) is 16.8 Å². The highest BCUT2D eigenvalue weighted by atomic mass is 35.5. The normalized spacial score (nSPS) is 18.4. The summed E-state index contributed by atoms with van der Waals surface area (Å²) < 4.78 is 38.9. The fourth-order valence-electron chi connectivity index (χ4n) is 3.96. The minimum Gasteiger partial charge on any atom is -0.361 e. The zero-order valence-corrected chi connectivity index (χ0v) is 15.4. The van der Waals surface area contributed by atoms with E-state index in [2.05, 4.69) is 5.32 Å². The summed E-state index contributed by atoms with van der Waals surface area (Å²) >= 11 is 6.47. The molecule has 1 atom stereocenters. The molecule has 2 aliphatic rings. The molecule has 0 saturated carbocycles. The number of allylic oxidation sites excluding steroid dienone is 1. The maximum absolute atomic E-state index is 13.0. The van der Waals surface area contributed by atoms with Crippen LogP contribution in [0.15, 0.2) is 54.7 Å². The maximum atomic E-state index is 13.0. The van der Waals surface area contributed by atoms with E-state index in [1.54, 1.807) is 12.3 Å². The van der Waals surface area contributed by atoms with Crippen LogP contribution in [0.3, 0.4) is 0 Å². The molecule has 0 aliphatic carbocycles. The van der Waals surface area contributed by atoms with Gasteiger partial charge in [0.25, 0.3) is 0 Å². The summed E-state index contributed by atoms with van der Waals surface area (Å²) in [6.07, 6.45) is -1.54. The van der Waals surface area contributed by atoms with Gasteiger partial charge in [-0.3, -0.25) is 0 Å². The molecule has 4 rings (SSSR count). The summed E-state index contributed by atoms with van der Waals surface area (Å²) in [5.74, 6) is 0. The van der Waals surface area contributed by atoms with Crippen LogP contribution in [0.25, 0.3) is 10.6 Å². The zero-order valence-electron chi connectivity index (χ0n) is 14.6. The highest BCUT2D eigenvalue weighted by Crippen LogP contribution is 2.38. The van der Waals surface area contributed by atoms with E-state index in [1.165, 1.54) is 0 Å². The van der Waals surface area contributed by atoms with Crippen molar-refractivity contribution >= 4 is 33.6 Å². The van der Waals surface area contributed by atoms with Crippen LogP contribution in [-0.2, 0) is 0 Å². The largest absolute Gasteiger partial charge is 0.390 e. The van der Waals surface area contributed by atoms with Crippen molar-refractivity contribution in [3.63, 3.8) is 0 Å². The lowest BCUT2D eigenvalue weighted by Crippen LogP contribution is -2.34. The third-order valence-electron chi connectivity index (χ3n) is 5.07. The van der Waals surface area contributed by atoms with Crippen molar-refractivity contribution in [1.82, 2.24) is 0 Å². The van der Waals surface area contributed by atoms with Crippen molar-refractivity contribution < 1.29 is 13.2 Å². The number of hydrogen-bond donors (Lipinski definition) is 1. The Morgan fingerprint density at radius 2 is 1.81 bits per heavy atom. The minimum absolute atomic E-state index is 0.104. The third-order valence-corrected chi connectivity index (χ3v) is 5.38. The number of benzene rings is 2. The first kappa shape index (κ1) is 18.0. The van der Waals surface area contributed by atoms with Crippen molar-refractivity contribution in [3.05, 3.63) is 70.7 Å². The SMILES string of the molecule is CC1=c2c(ccc3c2=C(Cl)C=CN3)N(CCC(F)(F)F)C1c1ccccc1. The second kappa shape index (κ2) is 6.64. The van der Waals surface area contributed by atoms with Crippen molar-refractivity contribution in [3.8, 4) is 0 Å². The summed E-state index contributed by atoms with van der Waals surface area (Å²) in [7, 11) is 0. The third kappa shape index (κ3) is 3.21. The lowest BCUT2D eigenvalue weighted by molar-refractivity contribution is -0.132. The van der Waals surface area contributed by atoms with Gasteiger partial charge in [-0.15, -0.1) is 0 Å². The first-order valence-corrected chi connectivity index (χ1v) is 9.09. The number of hydrogen-bond acceptors (Lipinski definition) is 2. The number of halogens is 4. The fourth-order valence-corrected chi connectivity index (χ4v) is 4.22. The van der Waals surface area contributed by atoms with Gasteiger partial charge < -0.3 is 10.2 Å². The molecule has 2 aromatic carbocycles. The molecule has 0 amide bonds. The fraction of sp³-hybridized carbons (Fsp3) is 0.238. The van der Waals surface area contributed by atoms with E-state index in [0.717, 1.165) is 32.9 Å². The number of rotatable bonds is 3. The number of fused-ring (bicyclic) bond motifs is 3. The van der Waals surface area contributed by atoms with Crippen molar-refractivity contribution in [2.45, 2.75) is 25.6 Å². The average Bonchev–Trinajstić information content (AvgIpc) is 2.92. The Morgan fingerprint density at radius 1 is 1.07 bits per heavy atom. The molecule has 0 radical (unpaired) electrons. The van der Waals surface area contributed by atoms with Crippen LogP contribution >= 0.6 is 11.6 Å². The molecule has 0 bridgehead atoms. The van der Waals surface area contributed by atoms with Crippen LogP contribution in [0, 0.1) is 0 Å². The molecule has 2 heterocycles. The molecule has 0 saturated heterocycles. The Kier molecular flexibility index (Phi) is 4.42. The predicted molar refractivity (Wildman–Crippen MR) is 104 cm³/mol. The summed E-state index contributed by atoms with van der Waals surface area (Å²) in [5.41, 5.74) is 3.63. The Hall–Kier alpha value is -2.40. The van der Waals surface area contributed by atoms with E-state index in [0.29, 0.717) is 5.03 Å². The van der Waals surface area contributed by atoms with Crippen LogP contribution in [0.2, 0.25) is 0 Å². The van der Waals surface area contributed by atoms with Crippen LogP contribution in [0.4, 0.5) is 24.5 Å². The molecule has 6 heteroatoms. The molecular weight excluding hydrogens is 373 g/mol. The topological polar surface area (TPSA) is 15.3 Å². The molecule has 27 heavy (non-hydrogen) atoms. The minimum atomic E-state index is -4.21. The Balaban J connectivity index is 1.94. The summed E-state index contributed by atoms with van der Waals surface area (Å²) in [6.45, 7) is 1.87. The van der Waals surface area contributed by atoms with Crippen LogP contribution in [0.5, 0.6) is 0 Å². The molecule has 2 aromatic rings. The Morgan fingerprint density at radius 3 is 2.52 bits per heavy atom. The summed E-state index contributed by atoms with van der Waals surface area (Å²) in [6, 6.07) is 13.1. The monoisotopic (exact) mass is 390 g/mol. The molecule has 0 spiro atoms. The second-order valence-electron chi connectivity index (χ2n) is 6.76. The van der Waals surface area contributed by atoms with E-state index in [-0.39, 0.29) is 12.6 Å². The Labute approximate surface area is 160 Å². The van der Waals surface area contributed by atoms with Gasteiger partial charge in [-0.1, -0.05) is 41.9 Å². The number of nitrogens with one attached hydrogen (secondary N) is 1. The van der Waals surface area contributed by atoms with E-state index < -0.39 is 12.6 Å². The van der Waals surface area contributed by atoms with Crippen LogP contribution in [0.1, 0.15) is 24.9 Å². The van der Waals surface area contributed by atoms with Gasteiger partial charge in [0, 0.05) is 34.6 Å². The van der Waals surface area contributed by atoms with Gasteiger partial charge in [-0.25, -0.2) is 0 Å². The van der Waals surface area contributed by atoms with Gasteiger partial charge >= 0.3 is 6.18 Å². The molecule has 1 N–H and O–H groups in total. The number of anilines is 2. The van der Waals surface area contributed by atoms with Crippen LogP contribution < -0.4 is 20.7 Å². The second-order valence-corrected chi connectivity index (χ2v) is 7.17. The molecule has 2 nitrogen and oxygen atoms in total. The molecule has 0 aromatic heterocycles. The van der Waals surface area contributed by atoms with Gasteiger partial charge in [-0.05, 0) is 36.3 Å². The first-order chi connectivity index (χ1) is 12.9. The highest BCUT2D eigenvalue weighted by molar-refractivity contribution is 6.47. The smallest absolute Gasteiger partial charge is 0.361 e. The zero-order chi connectivity index (χ0) is 19.2. The quantitative estimate of drug-likeness (QED) is 0.820. The van der Waals surface area contributed by atoms with Gasteiger partial charge in [0.2, 0.25) is 0 Å². The average molecular weight is 391 g/mol. The summed E-state index contributed by atoms with van der Waals surface area (Å²) in [4.78, 5) is 1.84. The van der Waals surface area contributed by atoms with E-state index in [9.17, 15) is 13.2 Å². The van der Waals surface area contributed by atoms with Crippen molar-refractivity contribution in [1.29, 1.82) is 0 Å². The van der Waals surface area contributed by atoms with Gasteiger partial charge in [0.1, 0.15) is 0 Å².